The van der Waals surface area contributed by atoms with Crippen LogP contribution in [-0.2, 0) is 14.3 Å². The van der Waals surface area contributed by atoms with Crippen molar-refractivity contribution >= 4 is 5.97 Å². The fraction of sp³-hybridized carbons (Fsp3) is 0.562. The van der Waals surface area contributed by atoms with Crippen LogP contribution in [0.3, 0.4) is 0 Å². The van der Waals surface area contributed by atoms with Gasteiger partial charge in [-0.2, -0.15) is 0 Å². The van der Waals surface area contributed by atoms with Gasteiger partial charge in [-0.1, -0.05) is 25.5 Å². The zero-order chi connectivity index (χ0) is 15.0. The zero-order valence-electron chi connectivity index (χ0n) is 12.6. The predicted molar refractivity (Wildman–Crippen MR) is 80.0 cm³/mol. The number of allylic oxidation sites excluding steroid dienone is 1. The molecule has 1 heterocycles. The lowest BCUT2D eigenvalue weighted by molar-refractivity contribution is -0.137. The zero-order valence-corrected chi connectivity index (χ0v) is 12.6. The van der Waals surface area contributed by atoms with Crippen molar-refractivity contribution in [3.63, 3.8) is 0 Å². The maximum atomic E-state index is 11.9. The van der Waals surface area contributed by atoms with Gasteiger partial charge in [0.25, 0.3) is 0 Å². The van der Waals surface area contributed by atoms with Crippen LogP contribution in [0.2, 0.25) is 0 Å². The number of nitrogens with zero attached hydrogens (tertiary/aromatic N) is 1. The molecule has 0 radical (unpaired) electrons. The van der Waals surface area contributed by atoms with Gasteiger partial charge in [0.2, 0.25) is 0 Å². The summed E-state index contributed by atoms with van der Waals surface area (Å²) < 4.78 is 10.7. The highest BCUT2D eigenvalue weighted by Crippen LogP contribution is 2.31. The normalized spacial score (nSPS) is 18.9. The minimum atomic E-state index is -0.232. The first-order valence-electron chi connectivity index (χ1n) is 7.09. The summed E-state index contributed by atoms with van der Waals surface area (Å²) in [5.74, 6) is -0.232. The molecule has 0 bridgehead atoms. The highest BCUT2D eigenvalue weighted by atomic mass is 16.5. The van der Waals surface area contributed by atoms with Gasteiger partial charge in [0.15, 0.2) is 0 Å². The lowest BCUT2D eigenvalue weighted by atomic mass is 9.98. The highest BCUT2D eigenvalue weighted by Gasteiger charge is 2.30. The second-order valence-corrected chi connectivity index (χ2v) is 4.72. The molecule has 0 aromatic rings. The van der Waals surface area contributed by atoms with Crippen LogP contribution in [0.4, 0.5) is 0 Å². The molecule has 0 saturated heterocycles. The van der Waals surface area contributed by atoms with E-state index in [0.717, 1.165) is 30.5 Å². The number of methoxy groups -OCH3 is 1. The number of ether oxygens (including phenoxy) is 2. The Labute approximate surface area is 121 Å². The van der Waals surface area contributed by atoms with Gasteiger partial charge in [0.1, 0.15) is 6.23 Å². The van der Waals surface area contributed by atoms with E-state index in [2.05, 4.69) is 25.0 Å². The van der Waals surface area contributed by atoms with Crippen molar-refractivity contribution in [2.45, 2.75) is 38.8 Å². The third-order valence-electron chi connectivity index (χ3n) is 3.33. The van der Waals surface area contributed by atoms with Crippen LogP contribution < -0.4 is 0 Å². The maximum Gasteiger partial charge on any atom is 0.335 e. The van der Waals surface area contributed by atoms with Crippen molar-refractivity contribution in [3.8, 4) is 0 Å². The van der Waals surface area contributed by atoms with Gasteiger partial charge in [0, 0.05) is 12.2 Å². The van der Waals surface area contributed by atoms with Crippen LogP contribution in [0.15, 0.2) is 36.6 Å². The van der Waals surface area contributed by atoms with E-state index in [1.54, 1.807) is 6.08 Å². The van der Waals surface area contributed by atoms with Gasteiger partial charge in [-0.05, 0) is 19.3 Å². The summed E-state index contributed by atoms with van der Waals surface area (Å²) >= 11 is 0. The molecule has 0 saturated carbocycles. The molecule has 1 rings (SSSR count). The van der Waals surface area contributed by atoms with E-state index < -0.39 is 0 Å². The number of hydrogen-bond acceptors (Lipinski definition) is 4. The Morgan fingerprint density at radius 2 is 2.20 bits per heavy atom. The van der Waals surface area contributed by atoms with Crippen molar-refractivity contribution in [2.24, 2.45) is 0 Å². The van der Waals surface area contributed by atoms with Crippen LogP contribution in [-0.4, -0.2) is 37.4 Å². The van der Waals surface area contributed by atoms with E-state index in [0.29, 0.717) is 19.6 Å². The van der Waals surface area contributed by atoms with Crippen LogP contribution in [0, 0.1) is 0 Å². The van der Waals surface area contributed by atoms with Crippen molar-refractivity contribution in [3.05, 3.63) is 36.6 Å². The number of carbonyl (C=O) groups is 1. The fourth-order valence-corrected chi connectivity index (χ4v) is 2.51. The molecule has 0 N–H and O–H groups in total. The summed E-state index contributed by atoms with van der Waals surface area (Å²) in [7, 11) is 1.43. The van der Waals surface area contributed by atoms with E-state index in [4.69, 9.17) is 9.47 Å². The quantitative estimate of drug-likeness (QED) is 0.506. The van der Waals surface area contributed by atoms with Gasteiger partial charge in [0.05, 0.1) is 19.3 Å². The molecule has 0 aliphatic carbocycles. The maximum absolute atomic E-state index is 11.9. The molecular formula is C16H25NO3. The number of hydrogen-bond donors (Lipinski definition) is 0. The Kier molecular flexibility index (Phi) is 7.09. The molecule has 0 aromatic heterocycles. The predicted octanol–water partition coefficient (Wildman–Crippen LogP) is 3.02. The first-order valence-corrected chi connectivity index (χ1v) is 7.09. The van der Waals surface area contributed by atoms with Crippen molar-refractivity contribution in [1.82, 2.24) is 4.90 Å². The first-order chi connectivity index (χ1) is 9.69. The smallest absolute Gasteiger partial charge is 0.335 e. The molecular weight excluding hydrogens is 254 g/mol. The van der Waals surface area contributed by atoms with Gasteiger partial charge >= 0.3 is 5.97 Å². The number of esters is 1. The average molecular weight is 279 g/mol. The summed E-state index contributed by atoms with van der Waals surface area (Å²) in [6.07, 6.45) is 6.83. The van der Waals surface area contributed by atoms with Crippen LogP contribution in [0.25, 0.3) is 0 Å². The second-order valence-electron chi connectivity index (χ2n) is 4.72. The molecule has 1 unspecified atom stereocenters. The summed E-state index contributed by atoms with van der Waals surface area (Å²) in [6.45, 7) is 10.7. The Bertz CT molecular complexity index is 387. The van der Waals surface area contributed by atoms with Gasteiger partial charge in [-0.3, -0.25) is 0 Å². The van der Waals surface area contributed by atoms with E-state index in [9.17, 15) is 4.79 Å². The fourth-order valence-electron chi connectivity index (χ4n) is 2.51. The van der Waals surface area contributed by atoms with E-state index in [1.807, 2.05) is 6.08 Å². The van der Waals surface area contributed by atoms with Crippen LogP contribution >= 0.6 is 0 Å². The van der Waals surface area contributed by atoms with Gasteiger partial charge < -0.3 is 14.4 Å². The number of carbonyl (C=O) groups excluding carboxylic acids is 1. The van der Waals surface area contributed by atoms with Crippen LogP contribution in [0.5, 0.6) is 0 Å². The molecule has 1 aliphatic heterocycles. The molecule has 1 aliphatic rings. The molecule has 0 spiro atoms. The van der Waals surface area contributed by atoms with Crippen molar-refractivity contribution < 1.29 is 14.3 Å². The lowest BCUT2D eigenvalue weighted by Crippen LogP contribution is -2.41. The summed E-state index contributed by atoms with van der Waals surface area (Å²) in [5.41, 5.74) is 1.80. The number of rotatable bonds is 8. The lowest BCUT2D eigenvalue weighted by Gasteiger charge is -2.39. The van der Waals surface area contributed by atoms with Gasteiger partial charge in [-0.15, -0.1) is 13.2 Å². The molecule has 20 heavy (non-hydrogen) atoms. The summed E-state index contributed by atoms with van der Waals surface area (Å²) in [6, 6.07) is 0. The van der Waals surface area contributed by atoms with Crippen molar-refractivity contribution in [1.29, 1.82) is 0 Å². The summed E-state index contributed by atoms with van der Waals surface area (Å²) in [5, 5.41) is 0. The molecule has 112 valence electrons. The van der Waals surface area contributed by atoms with Crippen LogP contribution in [0.1, 0.15) is 32.6 Å². The average Bonchev–Trinajstić information content (AvgIpc) is 2.47. The minimum absolute atomic E-state index is 0.0269. The van der Waals surface area contributed by atoms with E-state index in [-0.39, 0.29) is 12.2 Å². The Hall–Kier alpha value is -1.55. The highest BCUT2D eigenvalue weighted by molar-refractivity contribution is 5.89. The molecule has 0 aromatic carbocycles. The van der Waals surface area contributed by atoms with Crippen molar-refractivity contribution in [2.75, 3.05) is 20.3 Å². The Morgan fingerprint density at radius 1 is 1.45 bits per heavy atom. The summed E-state index contributed by atoms with van der Waals surface area (Å²) in [4.78, 5) is 14.1. The largest absolute Gasteiger partial charge is 0.466 e. The van der Waals surface area contributed by atoms with Gasteiger partial charge in [-0.25, -0.2) is 4.79 Å². The molecule has 4 heteroatoms. The van der Waals surface area contributed by atoms with E-state index in [1.165, 1.54) is 7.11 Å². The standard InChI is InChI=1S/C16H25NO3/c1-5-8-14-13(16(18)19-4)9-10-15(20-12-7-3)17(14)11-6-2/h6-7,15H,2-3,5,8-12H2,1,4H3. The molecule has 1 atom stereocenters. The second kappa shape index (κ2) is 8.59. The minimum Gasteiger partial charge on any atom is -0.466 e. The first kappa shape index (κ1) is 16.5. The Balaban J connectivity index is 3.05. The SMILES string of the molecule is C=CCOC1CCC(C(=O)OC)=C(CCC)N1CC=C. The third-order valence-corrected chi connectivity index (χ3v) is 3.33. The third kappa shape index (κ3) is 3.97. The Morgan fingerprint density at radius 3 is 2.75 bits per heavy atom. The molecule has 4 nitrogen and oxygen atoms in total. The monoisotopic (exact) mass is 279 g/mol. The molecule has 0 amide bonds. The topological polar surface area (TPSA) is 38.8 Å². The van der Waals surface area contributed by atoms with E-state index >= 15 is 0 Å². The molecule has 0 fully saturated rings.